The van der Waals surface area contributed by atoms with Crippen LogP contribution in [0.5, 0.6) is 0 Å². The Kier molecular flexibility index (Phi) is 3.33. The molecule has 0 unspecified atom stereocenters. The maximum Gasteiger partial charge on any atom is 0.266 e. The Morgan fingerprint density at radius 2 is 2.14 bits per heavy atom. The van der Waals surface area contributed by atoms with Crippen LogP contribution in [0.3, 0.4) is 0 Å². The van der Waals surface area contributed by atoms with Crippen LogP contribution in [0, 0.1) is 12.8 Å². The Morgan fingerprint density at radius 3 is 2.82 bits per heavy atom. The minimum absolute atomic E-state index is 0.00572. The predicted octanol–water partition coefficient (Wildman–Crippen LogP) is 1.55. The van der Waals surface area contributed by atoms with Gasteiger partial charge in [0.15, 0.2) is 0 Å². The molecule has 6 nitrogen and oxygen atoms in total. The molecule has 22 heavy (non-hydrogen) atoms. The molecule has 3 heterocycles. The zero-order valence-electron chi connectivity index (χ0n) is 12.7. The van der Waals surface area contributed by atoms with Gasteiger partial charge in [0, 0.05) is 31.0 Å². The van der Waals surface area contributed by atoms with Crippen LogP contribution in [-0.4, -0.2) is 32.8 Å². The normalized spacial score (nSPS) is 19.3. The van der Waals surface area contributed by atoms with Crippen molar-refractivity contribution in [2.75, 3.05) is 13.1 Å². The Morgan fingerprint density at radius 1 is 1.32 bits per heavy atom. The van der Waals surface area contributed by atoms with Crippen molar-refractivity contribution in [1.29, 1.82) is 0 Å². The van der Waals surface area contributed by atoms with E-state index in [4.69, 9.17) is 4.42 Å². The summed E-state index contributed by atoms with van der Waals surface area (Å²) >= 11 is 0. The molecule has 6 heteroatoms. The molecule has 1 saturated carbocycles. The second kappa shape index (κ2) is 5.35. The lowest BCUT2D eigenvalue weighted by Gasteiger charge is -2.38. The Balaban J connectivity index is 1.34. The molecule has 0 radical (unpaired) electrons. The summed E-state index contributed by atoms with van der Waals surface area (Å²) in [7, 11) is 0. The lowest BCUT2D eigenvalue weighted by atomic mass is 10.0. The van der Waals surface area contributed by atoms with Crippen molar-refractivity contribution >= 4 is 0 Å². The van der Waals surface area contributed by atoms with E-state index in [-0.39, 0.29) is 5.56 Å². The van der Waals surface area contributed by atoms with E-state index in [0.717, 1.165) is 37.0 Å². The molecular formula is C16H20N4O2. The third kappa shape index (κ3) is 2.83. The van der Waals surface area contributed by atoms with Crippen molar-refractivity contribution in [1.82, 2.24) is 19.7 Å². The van der Waals surface area contributed by atoms with Gasteiger partial charge in [-0.2, -0.15) is 5.10 Å². The maximum absolute atomic E-state index is 11.9. The van der Waals surface area contributed by atoms with Gasteiger partial charge in [0.1, 0.15) is 5.76 Å². The average Bonchev–Trinajstić information content (AvgIpc) is 3.22. The summed E-state index contributed by atoms with van der Waals surface area (Å²) in [6.45, 7) is 5.28. The fourth-order valence-electron chi connectivity index (χ4n) is 3.02. The van der Waals surface area contributed by atoms with E-state index in [0.29, 0.717) is 18.4 Å². The molecule has 0 atom stereocenters. The van der Waals surface area contributed by atoms with E-state index in [1.165, 1.54) is 12.8 Å². The van der Waals surface area contributed by atoms with E-state index >= 15 is 0 Å². The van der Waals surface area contributed by atoms with Crippen LogP contribution in [0.4, 0.5) is 0 Å². The van der Waals surface area contributed by atoms with E-state index in [9.17, 15) is 4.79 Å². The van der Waals surface area contributed by atoms with Crippen molar-refractivity contribution in [2.24, 2.45) is 5.92 Å². The molecule has 0 bridgehead atoms. The van der Waals surface area contributed by atoms with Gasteiger partial charge in [-0.15, -0.1) is 0 Å². The molecule has 116 valence electrons. The number of aryl methyl sites for hydroxylation is 1. The lowest BCUT2D eigenvalue weighted by Crippen LogP contribution is -2.49. The van der Waals surface area contributed by atoms with Crippen molar-refractivity contribution in [2.45, 2.75) is 38.8 Å². The minimum atomic E-state index is 0.00572. The summed E-state index contributed by atoms with van der Waals surface area (Å²) in [5.74, 6) is 2.68. The summed E-state index contributed by atoms with van der Waals surface area (Å²) in [5, 5.41) is 4.52. The highest BCUT2D eigenvalue weighted by Gasteiger charge is 2.29. The van der Waals surface area contributed by atoms with Crippen LogP contribution in [0.2, 0.25) is 0 Å². The average molecular weight is 300 g/mol. The van der Waals surface area contributed by atoms with Gasteiger partial charge in [-0.25, -0.2) is 9.67 Å². The smallest absolute Gasteiger partial charge is 0.266 e. The summed E-state index contributed by atoms with van der Waals surface area (Å²) < 4.78 is 7.13. The van der Waals surface area contributed by atoms with Crippen LogP contribution in [0.1, 0.15) is 36.1 Å². The third-order valence-electron chi connectivity index (χ3n) is 4.37. The number of rotatable bonds is 5. The Labute approximate surface area is 128 Å². The Bertz CT molecular complexity index is 726. The van der Waals surface area contributed by atoms with Crippen LogP contribution in [0.15, 0.2) is 27.5 Å². The molecule has 1 aliphatic carbocycles. The molecule has 2 aliphatic rings. The molecule has 4 rings (SSSR count). The SMILES string of the molecule is Cc1cnc(CN2CC(Cn3nc(C4CC4)ccc3=O)C2)o1. The summed E-state index contributed by atoms with van der Waals surface area (Å²) in [6.07, 6.45) is 4.16. The molecule has 0 spiro atoms. The highest BCUT2D eigenvalue weighted by atomic mass is 16.4. The van der Waals surface area contributed by atoms with Crippen LogP contribution >= 0.6 is 0 Å². The van der Waals surface area contributed by atoms with Crippen LogP contribution in [-0.2, 0) is 13.1 Å². The standard InChI is InChI=1S/C16H20N4O2/c1-11-6-17-15(22-11)10-19-7-12(8-19)9-20-16(21)5-4-14(18-20)13-2-3-13/h4-6,12-13H,2-3,7-10H2,1H3. The van der Waals surface area contributed by atoms with Crippen molar-refractivity contribution in [3.8, 4) is 0 Å². The van der Waals surface area contributed by atoms with Gasteiger partial charge in [0.05, 0.1) is 25.0 Å². The van der Waals surface area contributed by atoms with Gasteiger partial charge >= 0.3 is 0 Å². The number of oxazole rings is 1. The van der Waals surface area contributed by atoms with E-state index in [1.807, 2.05) is 13.0 Å². The maximum atomic E-state index is 11.9. The zero-order valence-corrected chi connectivity index (χ0v) is 12.7. The summed E-state index contributed by atoms with van der Waals surface area (Å²) in [6, 6.07) is 3.54. The van der Waals surface area contributed by atoms with E-state index in [1.54, 1.807) is 16.9 Å². The molecule has 1 aliphatic heterocycles. The van der Waals surface area contributed by atoms with Gasteiger partial charge < -0.3 is 4.42 Å². The highest BCUT2D eigenvalue weighted by Crippen LogP contribution is 2.38. The third-order valence-corrected chi connectivity index (χ3v) is 4.37. The largest absolute Gasteiger partial charge is 0.445 e. The monoisotopic (exact) mass is 300 g/mol. The summed E-state index contributed by atoms with van der Waals surface area (Å²) in [4.78, 5) is 18.4. The van der Waals surface area contributed by atoms with E-state index in [2.05, 4.69) is 15.0 Å². The van der Waals surface area contributed by atoms with Gasteiger partial charge in [0.25, 0.3) is 5.56 Å². The molecule has 2 aromatic rings. The minimum Gasteiger partial charge on any atom is -0.445 e. The van der Waals surface area contributed by atoms with Crippen molar-refractivity contribution < 1.29 is 4.42 Å². The second-order valence-corrected chi connectivity index (χ2v) is 6.48. The molecule has 0 amide bonds. The van der Waals surface area contributed by atoms with Gasteiger partial charge in [-0.1, -0.05) is 0 Å². The predicted molar refractivity (Wildman–Crippen MR) is 80.5 cm³/mol. The van der Waals surface area contributed by atoms with E-state index < -0.39 is 0 Å². The number of nitrogens with zero attached hydrogens (tertiary/aromatic N) is 4. The number of hydrogen-bond acceptors (Lipinski definition) is 5. The van der Waals surface area contributed by atoms with Crippen molar-refractivity contribution in [3.05, 3.63) is 46.0 Å². The summed E-state index contributed by atoms with van der Waals surface area (Å²) in [5.41, 5.74) is 1.08. The second-order valence-electron chi connectivity index (χ2n) is 6.48. The topological polar surface area (TPSA) is 64.2 Å². The quantitative estimate of drug-likeness (QED) is 0.838. The van der Waals surface area contributed by atoms with Crippen molar-refractivity contribution in [3.63, 3.8) is 0 Å². The van der Waals surface area contributed by atoms with Gasteiger partial charge in [-0.05, 0) is 25.8 Å². The molecular weight excluding hydrogens is 280 g/mol. The fraction of sp³-hybridized carbons (Fsp3) is 0.562. The molecule has 2 fully saturated rings. The van der Waals surface area contributed by atoms with Gasteiger partial charge in [-0.3, -0.25) is 9.69 Å². The Hall–Kier alpha value is -1.95. The fourth-order valence-corrected chi connectivity index (χ4v) is 3.02. The molecule has 0 aromatic carbocycles. The zero-order chi connectivity index (χ0) is 15.1. The van der Waals surface area contributed by atoms with Gasteiger partial charge in [0.2, 0.25) is 5.89 Å². The number of likely N-dealkylation sites (tertiary alicyclic amines) is 1. The number of aromatic nitrogens is 3. The van der Waals surface area contributed by atoms with Crippen LogP contribution < -0.4 is 5.56 Å². The highest BCUT2D eigenvalue weighted by molar-refractivity contribution is 5.12. The molecule has 2 aromatic heterocycles. The first-order chi connectivity index (χ1) is 10.7. The first kappa shape index (κ1) is 13.7. The van der Waals surface area contributed by atoms with Crippen LogP contribution in [0.25, 0.3) is 0 Å². The number of hydrogen-bond donors (Lipinski definition) is 0. The lowest BCUT2D eigenvalue weighted by molar-refractivity contribution is 0.0676. The molecule has 1 saturated heterocycles. The first-order valence-electron chi connectivity index (χ1n) is 7.89. The molecule has 0 N–H and O–H groups in total. The first-order valence-corrected chi connectivity index (χ1v) is 7.89.